The van der Waals surface area contributed by atoms with E-state index in [9.17, 15) is 14.0 Å². The molecule has 1 aromatic heterocycles. The number of likely N-dealkylation sites (tertiary alicyclic amines) is 1. The second kappa shape index (κ2) is 6.90. The van der Waals surface area contributed by atoms with Crippen LogP contribution in [0.15, 0.2) is 24.4 Å². The van der Waals surface area contributed by atoms with Gasteiger partial charge in [0.05, 0.1) is 12.2 Å². The molecule has 0 radical (unpaired) electrons. The fourth-order valence-corrected chi connectivity index (χ4v) is 2.97. The number of aromatic amines is 1. The third-order valence-corrected chi connectivity index (χ3v) is 4.24. The quantitative estimate of drug-likeness (QED) is 0.907. The molecule has 0 atom stereocenters. The van der Waals surface area contributed by atoms with E-state index in [0.29, 0.717) is 43.5 Å². The van der Waals surface area contributed by atoms with Gasteiger partial charge in [0.25, 0.3) is 5.91 Å². The molecule has 0 spiro atoms. The number of ether oxygens (including phenoxy) is 1. The molecule has 2 heterocycles. The number of hydrogen-bond acceptors (Lipinski definition) is 3. The van der Waals surface area contributed by atoms with Crippen LogP contribution in [-0.4, -0.2) is 47.6 Å². The van der Waals surface area contributed by atoms with Gasteiger partial charge in [-0.2, -0.15) is 0 Å². The van der Waals surface area contributed by atoms with E-state index in [2.05, 4.69) is 10.3 Å². The van der Waals surface area contributed by atoms with Crippen molar-refractivity contribution < 1.29 is 18.7 Å². The van der Waals surface area contributed by atoms with Crippen LogP contribution in [0, 0.1) is 5.82 Å². The van der Waals surface area contributed by atoms with Crippen molar-refractivity contribution in [3.8, 4) is 0 Å². The van der Waals surface area contributed by atoms with E-state index in [0.717, 1.165) is 5.52 Å². The van der Waals surface area contributed by atoms with E-state index in [1.165, 1.54) is 12.1 Å². The van der Waals surface area contributed by atoms with Crippen molar-refractivity contribution in [3.63, 3.8) is 0 Å². The zero-order chi connectivity index (χ0) is 17.1. The molecule has 1 aliphatic rings. The lowest BCUT2D eigenvalue weighted by Crippen LogP contribution is -2.46. The zero-order valence-corrected chi connectivity index (χ0v) is 13.5. The molecule has 128 valence electrons. The molecule has 0 unspecified atom stereocenters. The number of nitrogens with zero attached hydrogens (tertiary/aromatic N) is 1. The minimum Gasteiger partial charge on any atom is -0.450 e. The molecule has 0 saturated carbocycles. The number of piperidine rings is 1. The second-order valence-corrected chi connectivity index (χ2v) is 5.83. The predicted molar refractivity (Wildman–Crippen MR) is 87.3 cm³/mol. The molecule has 3 rings (SSSR count). The number of nitrogens with one attached hydrogen (secondary N) is 2. The highest BCUT2D eigenvalue weighted by Gasteiger charge is 2.25. The molecule has 2 aromatic rings. The molecule has 7 heteroatoms. The van der Waals surface area contributed by atoms with E-state index in [-0.39, 0.29) is 23.9 Å². The minimum atomic E-state index is -0.376. The van der Waals surface area contributed by atoms with Crippen LogP contribution >= 0.6 is 0 Å². The number of hydrogen-bond donors (Lipinski definition) is 2. The average molecular weight is 333 g/mol. The Balaban J connectivity index is 1.61. The number of carbonyl (C=O) groups is 2. The molecule has 2 N–H and O–H groups in total. The number of amides is 2. The standard InChI is InChI=1S/C17H20FN3O3/c1-2-24-17(23)21-7-5-12(6-8-21)20-16(22)14-10-19-15-4-3-11(18)9-13(14)15/h3-4,9-10,12,19H,2,5-8H2,1H3,(H,20,22). The number of H-pyrrole nitrogens is 1. The summed E-state index contributed by atoms with van der Waals surface area (Å²) in [5.74, 6) is -0.611. The largest absolute Gasteiger partial charge is 0.450 e. The van der Waals surface area contributed by atoms with Gasteiger partial charge in [-0.05, 0) is 38.0 Å². The summed E-state index contributed by atoms with van der Waals surface area (Å²) >= 11 is 0. The molecule has 1 aromatic carbocycles. The third-order valence-electron chi connectivity index (χ3n) is 4.24. The lowest BCUT2D eigenvalue weighted by molar-refractivity contribution is 0.0861. The first-order chi connectivity index (χ1) is 11.6. The lowest BCUT2D eigenvalue weighted by Gasteiger charge is -2.31. The Morgan fingerprint density at radius 1 is 1.38 bits per heavy atom. The van der Waals surface area contributed by atoms with E-state index in [1.54, 1.807) is 24.1 Å². The van der Waals surface area contributed by atoms with E-state index in [1.807, 2.05) is 0 Å². The van der Waals surface area contributed by atoms with Crippen LogP contribution in [0.3, 0.4) is 0 Å². The maximum absolute atomic E-state index is 13.4. The molecule has 1 aliphatic heterocycles. The molecule has 1 fully saturated rings. The smallest absolute Gasteiger partial charge is 0.409 e. The Morgan fingerprint density at radius 3 is 2.83 bits per heavy atom. The van der Waals surface area contributed by atoms with Gasteiger partial charge in [0.15, 0.2) is 0 Å². The van der Waals surface area contributed by atoms with Gasteiger partial charge in [0, 0.05) is 36.2 Å². The summed E-state index contributed by atoms with van der Waals surface area (Å²) in [6.45, 7) is 3.22. The molecular weight excluding hydrogens is 313 g/mol. The Bertz CT molecular complexity index is 751. The molecule has 2 amide bonds. The summed E-state index contributed by atoms with van der Waals surface area (Å²) < 4.78 is 18.4. The van der Waals surface area contributed by atoms with Crippen molar-refractivity contribution in [2.75, 3.05) is 19.7 Å². The molecular formula is C17H20FN3O3. The Kier molecular flexibility index (Phi) is 4.69. The van der Waals surface area contributed by atoms with Gasteiger partial charge in [-0.1, -0.05) is 0 Å². The normalized spacial score (nSPS) is 15.5. The van der Waals surface area contributed by atoms with Crippen molar-refractivity contribution in [1.82, 2.24) is 15.2 Å². The second-order valence-electron chi connectivity index (χ2n) is 5.83. The SMILES string of the molecule is CCOC(=O)N1CCC(NC(=O)c2c[nH]c3ccc(F)cc23)CC1. The fourth-order valence-electron chi connectivity index (χ4n) is 2.97. The zero-order valence-electron chi connectivity index (χ0n) is 13.5. The molecule has 24 heavy (non-hydrogen) atoms. The van der Waals surface area contributed by atoms with Crippen molar-refractivity contribution in [2.45, 2.75) is 25.8 Å². The number of halogens is 1. The fraction of sp³-hybridized carbons (Fsp3) is 0.412. The van der Waals surface area contributed by atoms with Gasteiger partial charge >= 0.3 is 6.09 Å². The van der Waals surface area contributed by atoms with E-state index < -0.39 is 0 Å². The molecule has 6 nitrogen and oxygen atoms in total. The molecule has 1 saturated heterocycles. The van der Waals surface area contributed by atoms with Crippen molar-refractivity contribution in [1.29, 1.82) is 0 Å². The minimum absolute atomic E-state index is 0.0123. The van der Waals surface area contributed by atoms with Crippen LogP contribution in [0.5, 0.6) is 0 Å². The van der Waals surface area contributed by atoms with Crippen LogP contribution in [0.1, 0.15) is 30.1 Å². The van der Waals surface area contributed by atoms with E-state index in [4.69, 9.17) is 4.74 Å². The van der Waals surface area contributed by atoms with Gasteiger partial charge < -0.3 is 19.9 Å². The summed E-state index contributed by atoms with van der Waals surface area (Å²) in [5, 5.41) is 3.53. The van der Waals surface area contributed by atoms with Gasteiger partial charge in [-0.15, -0.1) is 0 Å². The van der Waals surface area contributed by atoms with Gasteiger partial charge in [0.2, 0.25) is 0 Å². The Hall–Kier alpha value is -2.57. The van der Waals surface area contributed by atoms with E-state index >= 15 is 0 Å². The monoisotopic (exact) mass is 333 g/mol. The summed E-state index contributed by atoms with van der Waals surface area (Å²) in [6, 6.07) is 4.30. The highest BCUT2D eigenvalue weighted by atomic mass is 19.1. The number of benzene rings is 1. The van der Waals surface area contributed by atoms with Crippen LogP contribution in [-0.2, 0) is 4.74 Å². The first-order valence-corrected chi connectivity index (χ1v) is 8.07. The maximum atomic E-state index is 13.4. The number of rotatable bonds is 3. The first kappa shape index (κ1) is 16.3. The molecule has 0 aliphatic carbocycles. The van der Waals surface area contributed by atoms with Gasteiger partial charge in [-0.25, -0.2) is 9.18 Å². The van der Waals surface area contributed by atoms with Crippen LogP contribution in [0.4, 0.5) is 9.18 Å². The van der Waals surface area contributed by atoms with Gasteiger partial charge in [0.1, 0.15) is 5.82 Å². The number of fused-ring (bicyclic) bond motifs is 1. The Morgan fingerprint density at radius 2 is 2.12 bits per heavy atom. The third kappa shape index (κ3) is 3.34. The number of aromatic nitrogens is 1. The average Bonchev–Trinajstić information content (AvgIpc) is 2.98. The predicted octanol–water partition coefficient (Wildman–Crippen LogP) is 2.66. The number of carbonyl (C=O) groups excluding carboxylic acids is 2. The van der Waals surface area contributed by atoms with Crippen LogP contribution in [0.25, 0.3) is 10.9 Å². The maximum Gasteiger partial charge on any atom is 0.409 e. The highest BCUT2D eigenvalue weighted by molar-refractivity contribution is 6.06. The first-order valence-electron chi connectivity index (χ1n) is 8.07. The van der Waals surface area contributed by atoms with Gasteiger partial charge in [-0.3, -0.25) is 4.79 Å². The summed E-state index contributed by atoms with van der Waals surface area (Å²) in [5.41, 5.74) is 1.15. The Labute approximate surface area is 139 Å². The lowest BCUT2D eigenvalue weighted by atomic mass is 10.0. The summed E-state index contributed by atoms with van der Waals surface area (Å²) in [7, 11) is 0. The summed E-state index contributed by atoms with van der Waals surface area (Å²) in [6.07, 6.45) is 2.62. The van der Waals surface area contributed by atoms with Crippen molar-refractivity contribution in [3.05, 3.63) is 35.8 Å². The highest BCUT2D eigenvalue weighted by Crippen LogP contribution is 2.20. The van der Waals surface area contributed by atoms with Crippen molar-refractivity contribution >= 4 is 22.9 Å². The van der Waals surface area contributed by atoms with Crippen LogP contribution in [0.2, 0.25) is 0 Å². The topological polar surface area (TPSA) is 74.4 Å². The van der Waals surface area contributed by atoms with Crippen LogP contribution < -0.4 is 5.32 Å². The molecule has 0 bridgehead atoms. The van der Waals surface area contributed by atoms with Crippen molar-refractivity contribution in [2.24, 2.45) is 0 Å². The summed E-state index contributed by atoms with van der Waals surface area (Å²) in [4.78, 5) is 28.7.